The molecule has 126 valence electrons. The Bertz CT molecular complexity index is 795. The number of aryl methyl sites for hydroxylation is 1. The van der Waals surface area contributed by atoms with E-state index in [4.69, 9.17) is 5.73 Å². The molecule has 0 bridgehead atoms. The normalized spacial score (nSPS) is 11.8. The predicted molar refractivity (Wildman–Crippen MR) is 85.9 cm³/mol. The minimum atomic E-state index is -1.25. The van der Waals surface area contributed by atoms with Crippen molar-refractivity contribution >= 4 is 17.3 Å². The van der Waals surface area contributed by atoms with Gasteiger partial charge in [-0.15, -0.1) is 0 Å². The fraction of sp³-hybridized carbons (Fsp3) is 0.188. The molecule has 2 rings (SSSR count). The molecule has 0 saturated carbocycles. The average Bonchev–Trinajstić information content (AvgIpc) is 2.54. The van der Waals surface area contributed by atoms with E-state index in [1.165, 1.54) is 30.3 Å². The summed E-state index contributed by atoms with van der Waals surface area (Å²) in [6, 6.07) is 8.32. The van der Waals surface area contributed by atoms with Crippen molar-refractivity contribution < 1.29 is 19.2 Å². The van der Waals surface area contributed by atoms with Crippen LogP contribution in [0, 0.1) is 22.9 Å². The van der Waals surface area contributed by atoms with Gasteiger partial charge in [0.05, 0.1) is 16.6 Å². The van der Waals surface area contributed by atoms with Crippen molar-refractivity contribution in [2.75, 3.05) is 12.3 Å². The van der Waals surface area contributed by atoms with Gasteiger partial charge in [0.15, 0.2) is 0 Å². The van der Waals surface area contributed by atoms with Gasteiger partial charge in [0.2, 0.25) is 0 Å². The van der Waals surface area contributed by atoms with Crippen LogP contribution in [0.2, 0.25) is 0 Å². The van der Waals surface area contributed by atoms with Crippen molar-refractivity contribution in [3.8, 4) is 0 Å². The van der Waals surface area contributed by atoms with Crippen LogP contribution < -0.4 is 11.1 Å². The fourth-order valence-electron chi connectivity index (χ4n) is 2.26. The van der Waals surface area contributed by atoms with E-state index in [1.54, 1.807) is 13.0 Å². The fourth-order valence-corrected chi connectivity index (χ4v) is 2.26. The highest BCUT2D eigenvalue weighted by molar-refractivity contribution is 6.01. The maximum Gasteiger partial charge on any atom is 0.293 e. The van der Waals surface area contributed by atoms with Crippen LogP contribution in [0.25, 0.3) is 0 Å². The first-order valence-corrected chi connectivity index (χ1v) is 7.06. The lowest BCUT2D eigenvalue weighted by Crippen LogP contribution is -2.29. The van der Waals surface area contributed by atoms with Crippen LogP contribution >= 0.6 is 0 Å². The van der Waals surface area contributed by atoms with Crippen molar-refractivity contribution in [3.63, 3.8) is 0 Å². The summed E-state index contributed by atoms with van der Waals surface area (Å²) in [5.74, 6) is -1.28. The lowest BCUT2D eigenvalue weighted by atomic mass is 10.1. The molecule has 1 unspecified atom stereocenters. The number of carbonyl (C=O) groups excluding carboxylic acids is 1. The van der Waals surface area contributed by atoms with Crippen molar-refractivity contribution in [1.29, 1.82) is 0 Å². The van der Waals surface area contributed by atoms with E-state index < -0.39 is 22.8 Å². The highest BCUT2D eigenvalue weighted by Crippen LogP contribution is 2.27. The summed E-state index contributed by atoms with van der Waals surface area (Å²) >= 11 is 0. The monoisotopic (exact) mass is 333 g/mol. The quantitative estimate of drug-likeness (QED) is 0.440. The number of amides is 1. The Labute approximate surface area is 137 Å². The number of aliphatic hydroxyl groups excluding tert-OH is 1. The van der Waals surface area contributed by atoms with Gasteiger partial charge in [-0.2, -0.15) is 0 Å². The summed E-state index contributed by atoms with van der Waals surface area (Å²) in [5.41, 5.74) is 5.52. The average molecular weight is 333 g/mol. The van der Waals surface area contributed by atoms with Gasteiger partial charge in [-0.25, -0.2) is 4.39 Å². The number of carbonyl (C=O) groups is 1. The maximum absolute atomic E-state index is 13.6. The molecule has 4 N–H and O–H groups in total. The second kappa shape index (κ2) is 7.05. The van der Waals surface area contributed by atoms with Crippen LogP contribution in [0.3, 0.4) is 0 Å². The molecule has 1 amide bonds. The SMILES string of the molecule is Cc1cc(C(=O)NCC(O)c2ccccc2F)c(N)c([N+](=O)[O-])c1. The highest BCUT2D eigenvalue weighted by atomic mass is 19.1. The van der Waals surface area contributed by atoms with Gasteiger partial charge >= 0.3 is 0 Å². The number of nitrogens with two attached hydrogens (primary N) is 1. The third kappa shape index (κ3) is 3.66. The Kier molecular flexibility index (Phi) is 5.10. The van der Waals surface area contributed by atoms with Gasteiger partial charge in [0.25, 0.3) is 11.6 Å². The van der Waals surface area contributed by atoms with Gasteiger partial charge in [-0.3, -0.25) is 14.9 Å². The van der Waals surface area contributed by atoms with Crippen LogP contribution in [-0.4, -0.2) is 22.5 Å². The molecule has 0 aliphatic carbocycles. The van der Waals surface area contributed by atoms with E-state index in [1.807, 2.05) is 0 Å². The van der Waals surface area contributed by atoms with Crippen molar-refractivity contribution in [3.05, 3.63) is 69.0 Å². The Balaban J connectivity index is 2.16. The topological polar surface area (TPSA) is 118 Å². The number of aliphatic hydroxyl groups is 1. The van der Waals surface area contributed by atoms with Gasteiger partial charge < -0.3 is 16.2 Å². The molecular formula is C16H16FN3O4. The Hall–Kier alpha value is -3.00. The number of nitro groups is 1. The largest absolute Gasteiger partial charge is 0.393 e. The lowest BCUT2D eigenvalue weighted by molar-refractivity contribution is -0.384. The van der Waals surface area contributed by atoms with Gasteiger partial charge in [-0.1, -0.05) is 18.2 Å². The zero-order chi connectivity index (χ0) is 17.9. The molecule has 0 aromatic heterocycles. The molecular weight excluding hydrogens is 317 g/mol. The van der Waals surface area contributed by atoms with E-state index in [0.29, 0.717) is 5.56 Å². The summed E-state index contributed by atoms with van der Waals surface area (Å²) in [6.07, 6.45) is -1.25. The second-order valence-electron chi connectivity index (χ2n) is 5.25. The van der Waals surface area contributed by atoms with E-state index in [0.717, 1.165) is 0 Å². The van der Waals surface area contributed by atoms with Crippen molar-refractivity contribution in [2.45, 2.75) is 13.0 Å². The molecule has 0 aliphatic heterocycles. The molecule has 1 atom stereocenters. The third-order valence-corrected chi connectivity index (χ3v) is 3.46. The number of anilines is 1. The molecule has 7 nitrogen and oxygen atoms in total. The Morgan fingerprint density at radius 1 is 1.42 bits per heavy atom. The number of nitrogens with one attached hydrogen (secondary N) is 1. The van der Waals surface area contributed by atoms with Crippen LogP contribution in [0.15, 0.2) is 36.4 Å². The van der Waals surface area contributed by atoms with Crippen molar-refractivity contribution in [1.82, 2.24) is 5.32 Å². The number of nitrogen functional groups attached to an aromatic ring is 1. The standard InChI is InChI=1S/C16H16FN3O4/c1-9-6-11(15(18)13(7-9)20(23)24)16(22)19-8-14(21)10-4-2-3-5-12(10)17/h2-7,14,21H,8,18H2,1H3,(H,19,22). The zero-order valence-electron chi connectivity index (χ0n) is 12.8. The number of hydrogen-bond acceptors (Lipinski definition) is 5. The van der Waals surface area contributed by atoms with Crippen LogP contribution in [0.4, 0.5) is 15.8 Å². The molecule has 8 heteroatoms. The Morgan fingerprint density at radius 3 is 2.71 bits per heavy atom. The molecule has 0 radical (unpaired) electrons. The number of nitrogens with zero attached hydrogens (tertiary/aromatic N) is 1. The summed E-state index contributed by atoms with van der Waals surface area (Å²) < 4.78 is 13.6. The number of halogens is 1. The first-order valence-electron chi connectivity index (χ1n) is 7.06. The minimum absolute atomic E-state index is 0.0426. The number of nitro benzene ring substituents is 1. The molecule has 2 aromatic rings. The molecule has 24 heavy (non-hydrogen) atoms. The minimum Gasteiger partial charge on any atom is -0.393 e. The first kappa shape index (κ1) is 17.4. The predicted octanol–water partition coefficient (Wildman–Crippen LogP) is 2.09. The number of benzene rings is 2. The number of rotatable bonds is 5. The molecule has 0 saturated heterocycles. The Morgan fingerprint density at radius 2 is 2.08 bits per heavy atom. The van der Waals surface area contributed by atoms with Gasteiger partial charge in [0.1, 0.15) is 11.5 Å². The van der Waals surface area contributed by atoms with Crippen molar-refractivity contribution in [2.24, 2.45) is 0 Å². The number of hydrogen-bond donors (Lipinski definition) is 3. The highest BCUT2D eigenvalue weighted by Gasteiger charge is 2.21. The third-order valence-electron chi connectivity index (χ3n) is 3.46. The van der Waals surface area contributed by atoms with Gasteiger partial charge in [0, 0.05) is 18.2 Å². The van der Waals surface area contributed by atoms with E-state index in [9.17, 15) is 24.4 Å². The summed E-state index contributed by atoms with van der Waals surface area (Å²) in [5, 5.41) is 23.3. The molecule has 0 aliphatic rings. The summed E-state index contributed by atoms with van der Waals surface area (Å²) in [6.45, 7) is 1.33. The molecule has 0 fully saturated rings. The van der Waals surface area contributed by atoms with E-state index in [-0.39, 0.29) is 29.0 Å². The molecule has 0 spiro atoms. The van der Waals surface area contributed by atoms with Gasteiger partial charge in [-0.05, 0) is 24.6 Å². The second-order valence-corrected chi connectivity index (χ2v) is 5.25. The molecule has 2 aromatic carbocycles. The maximum atomic E-state index is 13.6. The summed E-state index contributed by atoms with van der Waals surface area (Å²) in [7, 11) is 0. The summed E-state index contributed by atoms with van der Waals surface area (Å²) in [4.78, 5) is 22.5. The van der Waals surface area contributed by atoms with E-state index in [2.05, 4.69) is 5.32 Å². The lowest BCUT2D eigenvalue weighted by Gasteiger charge is -2.14. The van der Waals surface area contributed by atoms with Crippen LogP contribution in [0.5, 0.6) is 0 Å². The van der Waals surface area contributed by atoms with E-state index >= 15 is 0 Å². The van der Waals surface area contributed by atoms with Crippen LogP contribution in [-0.2, 0) is 0 Å². The van der Waals surface area contributed by atoms with Crippen LogP contribution in [0.1, 0.15) is 27.6 Å². The zero-order valence-corrected chi connectivity index (χ0v) is 12.8. The molecule has 0 heterocycles. The smallest absolute Gasteiger partial charge is 0.293 e. The first-order chi connectivity index (χ1) is 11.3.